The van der Waals surface area contributed by atoms with Crippen LogP contribution in [0.25, 0.3) is 0 Å². The van der Waals surface area contributed by atoms with E-state index in [1.807, 2.05) is 60.7 Å². The van der Waals surface area contributed by atoms with Crippen molar-refractivity contribution in [3.05, 3.63) is 71.8 Å². The highest BCUT2D eigenvalue weighted by atomic mass is 16.3. The summed E-state index contributed by atoms with van der Waals surface area (Å²) in [6, 6.07) is 18.5. The van der Waals surface area contributed by atoms with Crippen LogP contribution in [0.4, 0.5) is 0 Å². The van der Waals surface area contributed by atoms with E-state index >= 15 is 0 Å². The smallest absolute Gasteiger partial charge is 0.253 e. The Balaban J connectivity index is 1.82. The molecule has 1 aliphatic carbocycles. The van der Waals surface area contributed by atoms with Crippen molar-refractivity contribution < 1.29 is 14.7 Å². The maximum atomic E-state index is 13.0. The van der Waals surface area contributed by atoms with Crippen LogP contribution >= 0.6 is 0 Å². The first-order valence-corrected chi connectivity index (χ1v) is 9.23. The van der Waals surface area contributed by atoms with Gasteiger partial charge in [-0.05, 0) is 24.0 Å². The normalized spacial score (nSPS) is 25.7. The summed E-state index contributed by atoms with van der Waals surface area (Å²) in [7, 11) is 0. The monoisotopic (exact) mass is 349 g/mol. The number of benzene rings is 2. The van der Waals surface area contributed by atoms with E-state index in [1.165, 1.54) is 0 Å². The summed E-state index contributed by atoms with van der Waals surface area (Å²) >= 11 is 0. The molecule has 2 fully saturated rings. The first-order valence-electron chi connectivity index (χ1n) is 9.23. The van der Waals surface area contributed by atoms with E-state index in [0.717, 1.165) is 24.0 Å². The molecule has 1 unspecified atom stereocenters. The zero-order valence-corrected chi connectivity index (χ0v) is 14.8. The van der Waals surface area contributed by atoms with Crippen LogP contribution < -0.4 is 0 Å². The number of nitrogens with zero attached hydrogens (tertiary/aromatic N) is 1. The van der Waals surface area contributed by atoms with Crippen molar-refractivity contribution in [2.75, 3.05) is 0 Å². The Morgan fingerprint density at radius 1 is 1.00 bits per heavy atom. The fourth-order valence-corrected chi connectivity index (χ4v) is 4.02. The summed E-state index contributed by atoms with van der Waals surface area (Å²) < 4.78 is 0. The molecule has 0 aromatic heterocycles. The van der Waals surface area contributed by atoms with Crippen LogP contribution in [-0.2, 0) is 9.59 Å². The number of carbonyl (C=O) groups excluding carboxylic acids is 2. The van der Waals surface area contributed by atoms with Gasteiger partial charge < -0.3 is 10.0 Å². The number of likely N-dealkylation sites (tertiary alicyclic amines) is 1. The minimum atomic E-state index is -1.13. The van der Waals surface area contributed by atoms with Crippen LogP contribution in [0.15, 0.2) is 60.7 Å². The molecular weight excluding hydrogens is 326 g/mol. The molecule has 1 aliphatic heterocycles. The van der Waals surface area contributed by atoms with Crippen molar-refractivity contribution in [1.82, 2.24) is 4.90 Å². The molecule has 1 saturated heterocycles. The quantitative estimate of drug-likeness (QED) is 0.903. The first kappa shape index (κ1) is 17.0. The summed E-state index contributed by atoms with van der Waals surface area (Å²) in [4.78, 5) is 27.6. The molecule has 1 saturated carbocycles. The second-order valence-electron chi connectivity index (χ2n) is 7.39. The van der Waals surface area contributed by atoms with Crippen LogP contribution in [0.3, 0.4) is 0 Å². The third-order valence-electron chi connectivity index (χ3n) is 5.58. The van der Waals surface area contributed by atoms with E-state index in [-0.39, 0.29) is 23.7 Å². The van der Waals surface area contributed by atoms with Crippen molar-refractivity contribution in [2.45, 2.75) is 38.0 Å². The second-order valence-corrected chi connectivity index (χ2v) is 7.39. The SMILES string of the molecule is C[C@@H]1C(C(=O)C2CC2)N(C(c2ccccc2)c2ccccc2)C(=O)[C@@H]1O. The van der Waals surface area contributed by atoms with Gasteiger partial charge in [0.05, 0.1) is 12.1 Å². The van der Waals surface area contributed by atoms with E-state index in [2.05, 4.69) is 0 Å². The fraction of sp³-hybridized carbons (Fsp3) is 0.364. The molecule has 2 aromatic carbocycles. The van der Waals surface area contributed by atoms with E-state index in [4.69, 9.17) is 0 Å². The topological polar surface area (TPSA) is 57.6 Å². The van der Waals surface area contributed by atoms with Gasteiger partial charge in [-0.15, -0.1) is 0 Å². The van der Waals surface area contributed by atoms with Gasteiger partial charge in [0.15, 0.2) is 5.78 Å². The largest absolute Gasteiger partial charge is 0.383 e. The lowest BCUT2D eigenvalue weighted by molar-refractivity contribution is -0.140. The number of hydrogen-bond donors (Lipinski definition) is 1. The molecule has 134 valence electrons. The van der Waals surface area contributed by atoms with Gasteiger partial charge in [-0.1, -0.05) is 67.6 Å². The lowest BCUT2D eigenvalue weighted by Crippen LogP contribution is -2.44. The van der Waals surface area contributed by atoms with E-state index in [1.54, 1.807) is 11.8 Å². The molecule has 4 rings (SSSR count). The Kier molecular flexibility index (Phi) is 4.37. The van der Waals surface area contributed by atoms with Gasteiger partial charge in [0.2, 0.25) is 0 Å². The van der Waals surface area contributed by atoms with E-state index < -0.39 is 18.1 Å². The van der Waals surface area contributed by atoms with Gasteiger partial charge in [-0.25, -0.2) is 0 Å². The number of aliphatic hydroxyl groups is 1. The van der Waals surface area contributed by atoms with Crippen LogP contribution in [0.2, 0.25) is 0 Å². The average molecular weight is 349 g/mol. The molecule has 0 bridgehead atoms. The lowest BCUT2D eigenvalue weighted by atomic mass is 9.91. The van der Waals surface area contributed by atoms with Crippen molar-refractivity contribution in [3.63, 3.8) is 0 Å². The Hall–Kier alpha value is -2.46. The minimum absolute atomic E-state index is 0.0373. The number of ketones is 1. The molecule has 2 aliphatic rings. The Labute approximate surface area is 153 Å². The Morgan fingerprint density at radius 3 is 1.96 bits per heavy atom. The maximum absolute atomic E-state index is 13.0. The zero-order chi connectivity index (χ0) is 18.3. The van der Waals surface area contributed by atoms with Gasteiger partial charge in [-0.2, -0.15) is 0 Å². The minimum Gasteiger partial charge on any atom is -0.383 e. The van der Waals surface area contributed by atoms with Gasteiger partial charge in [0, 0.05) is 11.8 Å². The molecule has 0 radical (unpaired) electrons. The van der Waals surface area contributed by atoms with E-state index in [0.29, 0.717) is 0 Å². The molecule has 26 heavy (non-hydrogen) atoms. The first-order chi connectivity index (χ1) is 12.6. The van der Waals surface area contributed by atoms with Crippen LogP contribution in [0, 0.1) is 11.8 Å². The van der Waals surface area contributed by atoms with Crippen molar-refractivity contribution >= 4 is 11.7 Å². The Bertz CT molecular complexity index is 761. The van der Waals surface area contributed by atoms with Gasteiger partial charge in [0.1, 0.15) is 6.10 Å². The molecule has 1 amide bonds. The molecule has 1 heterocycles. The highest BCUT2D eigenvalue weighted by Crippen LogP contribution is 2.42. The van der Waals surface area contributed by atoms with Crippen molar-refractivity contribution in [2.24, 2.45) is 11.8 Å². The van der Waals surface area contributed by atoms with E-state index in [9.17, 15) is 14.7 Å². The molecule has 4 heteroatoms. The summed E-state index contributed by atoms with van der Waals surface area (Å²) in [5.41, 5.74) is 1.89. The number of carbonyl (C=O) groups is 2. The highest BCUT2D eigenvalue weighted by Gasteiger charge is 2.53. The Morgan fingerprint density at radius 2 is 1.50 bits per heavy atom. The third kappa shape index (κ3) is 2.84. The standard InChI is InChI=1S/C22H23NO3/c1-14-18(21(25)17-12-13-17)23(22(26)20(14)24)19(15-8-4-2-5-9-15)16-10-6-3-7-11-16/h2-11,14,17-20,24H,12-13H2,1H3/t14-,18?,20-/m1/s1. The van der Waals surface area contributed by atoms with Gasteiger partial charge in [0.25, 0.3) is 5.91 Å². The number of aliphatic hydroxyl groups excluding tert-OH is 1. The molecule has 0 spiro atoms. The summed E-state index contributed by atoms with van der Waals surface area (Å²) in [5.74, 6) is -0.616. The second kappa shape index (κ2) is 6.69. The lowest BCUT2D eigenvalue weighted by Gasteiger charge is -2.34. The predicted molar refractivity (Wildman–Crippen MR) is 98.3 cm³/mol. The number of Topliss-reactive ketones (excluding diaryl/α,β-unsaturated/α-hetero) is 1. The van der Waals surface area contributed by atoms with Gasteiger partial charge >= 0.3 is 0 Å². The number of hydrogen-bond acceptors (Lipinski definition) is 3. The van der Waals surface area contributed by atoms with Crippen LogP contribution in [0.1, 0.15) is 36.9 Å². The average Bonchev–Trinajstić information content (AvgIpc) is 3.50. The third-order valence-corrected chi connectivity index (χ3v) is 5.58. The predicted octanol–water partition coefficient (Wildman–Crippen LogP) is 2.96. The molecule has 1 N–H and O–H groups in total. The summed E-state index contributed by atoms with van der Waals surface area (Å²) in [6.45, 7) is 1.81. The highest BCUT2D eigenvalue weighted by molar-refractivity contribution is 5.97. The van der Waals surface area contributed by atoms with Crippen molar-refractivity contribution in [3.8, 4) is 0 Å². The molecule has 4 nitrogen and oxygen atoms in total. The van der Waals surface area contributed by atoms with Crippen LogP contribution in [-0.4, -0.2) is 33.8 Å². The zero-order valence-electron chi connectivity index (χ0n) is 14.8. The summed E-state index contributed by atoms with van der Waals surface area (Å²) in [6.07, 6.45) is 0.654. The number of rotatable bonds is 5. The number of amides is 1. The summed E-state index contributed by atoms with van der Waals surface area (Å²) in [5, 5.41) is 10.5. The molecule has 3 atom stereocenters. The van der Waals surface area contributed by atoms with Crippen molar-refractivity contribution in [1.29, 1.82) is 0 Å². The molecule has 2 aromatic rings. The fourth-order valence-electron chi connectivity index (χ4n) is 4.02. The van der Waals surface area contributed by atoms with Gasteiger partial charge in [-0.3, -0.25) is 9.59 Å². The van der Waals surface area contributed by atoms with Crippen LogP contribution in [0.5, 0.6) is 0 Å². The molecular formula is C22H23NO3. The maximum Gasteiger partial charge on any atom is 0.253 e.